The van der Waals surface area contributed by atoms with E-state index in [2.05, 4.69) is 32.4 Å². The van der Waals surface area contributed by atoms with Gasteiger partial charge in [0.05, 0.1) is 0 Å². The third kappa shape index (κ3) is 2.27. The van der Waals surface area contributed by atoms with Gasteiger partial charge in [0.1, 0.15) is 5.82 Å². The number of rotatable bonds is 4. The Labute approximate surface area is 108 Å². The van der Waals surface area contributed by atoms with Crippen molar-refractivity contribution in [1.29, 1.82) is 0 Å². The van der Waals surface area contributed by atoms with E-state index in [9.17, 15) is 0 Å². The first-order valence-corrected chi connectivity index (χ1v) is 6.94. The summed E-state index contributed by atoms with van der Waals surface area (Å²) in [4.78, 5) is 11.3. The van der Waals surface area contributed by atoms with Crippen LogP contribution in [0.3, 0.4) is 0 Å². The van der Waals surface area contributed by atoms with Crippen LogP contribution < -0.4 is 10.6 Å². The topological polar surface area (TPSA) is 53.1 Å². The molecule has 2 saturated heterocycles. The fraction of sp³-hybridized carbons (Fsp3) is 0.692. The van der Waals surface area contributed by atoms with Crippen LogP contribution in [0.1, 0.15) is 26.2 Å². The van der Waals surface area contributed by atoms with Gasteiger partial charge in [0, 0.05) is 31.4 Å². The Morgan fingerprint density at radius 3 is 3.22 bits per heavy atom. The van der Waals surface area contributed by atoms with Crippen molar-refractivity contribution in [2.24, 2.45) is 0 Å². The third-order valence-corrected chi connectivity index (χ3v) is 3.93. The van der Waals surface area contributed by atoms with Crippen molar-refractivity contribution in [2.75, 3.05) is 30.3 Å². The first kappa shape index (κ1) is 11.7. The van der Waals surface area contributed by atoms with Crippen LogP contribution in [0.5, 0.6) is 0 Å². The number of hydrogen-bond donors (Lipinski definition) is 2. The van der Waals surface area contributed by atoms with Crippen molar-refractivity contribution in [3.63, 3.8) is 0 Å². The molecule has 3 rings (SSSR count). The largest absolute Gasteiger partial charge is 0.366 e. The summed E-state index contributed by atoms with van der Waals surface area (Å²) in [5.74, 6) is 1.66. The first-order valence-electron chi connectivity index (χ1n) is 6.94. The molecule has 2 unspecified atom stereocenters. The molecule has 0 saturated carbocycles. The van der Waals surface area contributed by atoms with Crippen molar-refractivity contribution < 1.29 is 0 Å². The van der Waals surface area contributed by atoms with Crippen LogP contribution in [-0.2, 0) is 0 Å². The summed E-state index contributed by atoms with van der Waals surface area (Å²) in [6, 6.07) is 3.22. The van der Waals surface area contributed by atoms with Gasteiger partial charge in [0.2, 0.25) is 5.95 Å². The van der Waals surface area contributed by atoms with Gasteiger partial charge < -0.3 is 10.6 Å². The van der Waals surface area contributed by atoms with Crippen LogP contribution in [0.25, 0.3) is 0 Å². The highest BCUT2D eigenvalue weighted by atomic mass is 15.3. The number of hydrogen-bond acceptors (Lipinski definition) is 5. The molecule has 0 aromatic carbocycles. The molecule has 5 nitrogen and oxygen atoms in total. The second-order valence-electron chi connectivity index (χ2n) is 5.08. The summed E-state index contributed by atoms with van der Waals surface area (Å²) in [7, 11) is 0. The van der Waals surface area contributed by atoms with Gasteiger partial charge in [-0.15, -0.1) is 0 Å². The predicted octanol–water partition coefficient (Wildman–Crippen LogP) is 1.56. The lowest BCUT2D eigenvalue weighted by molar-refractivity contribution is 0.318. The van der Waals surface area contributed by atoms with Gasteiger partial charge in [-0.1, -0.05) is 0 Å². The lowest BCUT2D eigenvalue weighted by Crippen LogP contribution is -2.34. The Balaban J connectivity index is 1.67. The summed E-state index contributed by atoms with van der Waals surface area (Å²) in [5, 5.41) is 6.72. The van der Waals surface area contributed by atoms with E-state index in [4.69, 9.17) is 0 Å². The first-order chi connectivity index (χ1) is 8.86. The average Bonchev–Trinajstić information content (AvgIpc) is 2.95. The van der Waals surface area contributed by atoms with Crippen LogP contribution in [0.15, 0.2) is 12.3 Å². The smallest absolute Gasteiger partial charge is 0.224 e. The van der Waals surface area contributed by atoms with Crippen LogP contribution >= 0.6 is 0 Å². The standard InChI is InChI=1S/C13H21N5/c1-2-14-13-15-7-5-12(17-13)16-10-6-9-18-8-3-4-11(10)18/h5,7,10-11H,2-4,6,8-9H2,1H3,(H2,14,15,16,17). The average molecular weight is 247 g/mol. The zero-order valence-electron chi connectivity index (χ0n) is 10.9. The van der Waals surface area contributed by atoms with Gasteiger partial charge in [-0.25, -0.2) is 4.98 Å². The molecule has 2 N–H and O–H groups in total. The highest BCUT2D eigenvalue weighted by Gasteiger charge is 2.37. The molecule has 0 radical (unpaired) electrons. The predicted molar refractivity (Wildman–Crippen MR) is 72.8 cm³/mol. The summed E-state index contributed by atoms with van der Waals surface area (Å²) in [5.41, 5.74) is 0. The van der Waals surface area contributed by atoms with Crippen LogP contribution in [-0.4, -0.2) is 46.6 Å². The monoisotopic (exact) mass is 247 g/mol. The van der Waals surface area contributed by atoms with E-state index in [0.717, 1.165) is 12.4 Å². The van der Waals surface area contributed by atoms with E-state index in [1.54, 1.807) is 0 Å². The minimum absolute atomic E-state index is 0.553. The molecule has 0 bridgehead atoms. The van der Waals surface area contributed by atoms with Crippen molar-refractivity contribution in [2.45, 2.75) is 38.3 Å². The maximum atomic E-state index is 4.49. The minimum Gasteiger partial charge on any atom is -0.366 e. The van der Waals surface area contributed by atoms with Crippen molar-refractivity contribution in [1.82, 2.24) is 14.9 Å². The quantitative estimate of drug-likeness (QED) is 0.845. The normalized spacial score (nSPS) is 27.2. The van der Waals surface area contributed by atoms with E-state index < -0.39 is 0 Å². The number of nitrogens with zero attached hydrogens (tertiary/aromatic N) is 3. The molecule has 98 valence electrons. The molecule has 2 fully saturated rings. The zero-order chi connectivity index (χ0) is 12.4. The maximum absolute atomic E-state index is 4.49. The van der Waals surface area contributed by atoms with Crippen molar-refractivity contribution in [3.8, 4) is 0 Å². The molecule has 5 heteroatoms. The lowest BCUT2D eigenvalue weighted by atomic mass is 10.1. The van der Waals surface area contributed by atoms with Crippen LogP contribution in [0.4, 0.5) is 11.8 Å². The molecule has 18 heavy (non-hydrogen) atoms. The summed E-state index contributed by atoms with van der Waals surface area (Å²) < 4.78 is 0. The van der Waals surface area contributed by atoms with E-state index in [-0.39, 0.29) is 0 Å². The molecule has 2 aliphatic rings. The van der Waals surface area contributed by atoms with Crippen LogP contribution in [0, 0.1) is 0 Å². The maximum Gasteiger partial charge on any atom is 0.224 e. The molecule has 0 aliphatic carbocycles. The Hall–Kier alpha value is -1.36. The lowest BCUT2D eigenvalue weighted by Gasteiger charge is -2.21. The number of anilines is 2. The van der Waals surface area contributed by atoms with E-state index >= 15 is 0 Å². The number of nitrogens with one attached hydrogen (secondary N) is 2. The highest BCUT2D eigenvalue weighted by molar-refractivity contribution is 5.41. The van der Waals surface area contributed by atoms with Crippen molar-refractivity contribution >= 4 is 11.8 Å². The second kappa shape index (κ2) is 5.10. The summed E-state index contributed by atoms with van der Waals surface area (Å²) in [6.07, 6.45) is 5.71. The number of aromatic nitrogens is 2. The molecule has 0 amide bonds. The molecular weight excluding hydrogens is 226 g/mol. The fourth-order valence-electron chi connectivity index (χ4n) is 3.12. The van der Waals surface area contributed by atoms with Crippen molar-refractivity contribution in [3.05, 3.63) is 12.3 Å². The fourth-order valence-corrected chi connectivity index (χ4v) is 3.12. The van der Waals surface area contributed by atoms with Crippen LogP contribution in [0.2, 0.25) is 0 Å². The highest BCUT2D eigenvalue weighted by Crippen LogP contribution is 2.29. The molecule has 2 atom stereocenters. The van der Waals surface area contributed by atoms with Gasteiger partial charge in [0.25, 0.3) is 0 Å². The molecular formula is C13H21N5. The summed E-state index contributed by atoms with van der Waals surface area (Å²) >= 11 is 0. The Kier molecular flexibility index (Phi) is 3.32. The van der Waals surface area contributed by atoms with Gasteiger partial charge in [-0.3, -0.25) is 4.90 Å². The second-order valence-corrected chi connectivity index (χ2v) is 5.08. The van der Waals surface area contributed by atoms with E-state index in [1.807, 2.05) is 12.3 Å². The Bertz CT molecular complexity index is 408. The molecule has 1 aromatic heterocycles. The SMILES string of the molecule is CCNc1nccc(NC2CCN3CCCC23)n1. The van der Waals surface area contributed by atoms with Gasteiger partial charge in [-0.2, -0.15) is 4.98 Å². The van der Waals surface area contributed by atoms with Gasteiger partial charge in [0.15, 0.2) is 0 Å². The zero-order valence-corrected chi connectivity index (χ0v) is 10.9. The van der Waals surface area contributed by atoms with E-state index in [1.165, 1.54) is 32.4 Å². The van der Waals surface area contributed by atoms with Gasteiger partial charge in [-0.05, 0) is 38.8 Å². The summed E-state index contributed by atoms with van der Waals surface area (Å²) in [6.45, 7) is 5.41. The Morgan fingerprint density at radius 1 is 1.39 bits per heavy atom. The molecule has 1 aromatic rings. The van der Waals surface area contributed by atoms with E-state index in [0.29, 0.717) is 18.0 Å². The third-order valence-electron chi connectivity index (χ3n) is 3.93. The molecule has 0 spiro atoms. The molecule has 2 aliphatic heterocycles. The Morgan fingerprint density at radius 2 is 2.33 bits per heavy atom. The number of fused-ring (bicyclic) bond motifs is 1. The molecule has 3 heterocycles. The van der Waals surface area contributed by atoms with Gasteiger partial charge >= 0.3 is 0 Å². The minimum atomic E-state index is 0.553.